The van der Waals surface area contributed by atoms with Crippen molar-refractivity contribution in [3.63, 3.8) is 0 Å². The third-order valence-corrected chi connectivity index (χ3v) is 4.36. The summed E-state index contributed by atoms with van der Waals surface area (Å²) in [5.74, 6) is -0.839. The average molecular weight is 269 g/mol. The number of hydrogen-bond acceptors (Lipinski definition) is 1. The lowest BCUT2D eigenvalue weighted by Crippen LogP contribution is -2.19. The summed E-state index contributed by atoms with van der Waals surface area (Å²) < 4.78 is 2.20. The minimum atomic E-state index is -0.839. The highest BCUT2D eigenvalue weighted by atomic mass is 16.4. The molecule has 1 aromatic heterocycles. The third kappa shape index (κ3) is 1.94. The monoisotopic (exact) mass is 269 g/mol. The molecule has 0 fully saturated rings. The molecule has 0 spiro atoms. The molecule has 3 rings (SSSR count). The van der Waals surface area contributed by atoms with Crippen LogP contribution in [0.25, 0.3) is 0 Å². The Bertz CT molecular complexity index is 670. The molecule has 0 saturated carbocycles. The lowest BCUT2D eigenvalue weighted by Gasteiger charge is -2.29. The quantitative estimate of drug-likeness (QED) is 0.902. The van der Waals surface area contributed by atoms with Crippen molar-refractivity contribution >= 4 is 5.97 Å². The fraction of sp³-hybridized carbons (Fsp3) is 0.353. The molecule has 104 valence electrons. The Labute approximate surface area is 118 Å². The first kappa shape index (κ1) is 13.0. The minimum Gasteiger partial charge on any atom is -0.478 e. The van der Waals surface area contributed by atoms with Crippen LogP contribution in [0.5, 0.6) is 0 Å². The van der Waals surface area contributed by atoms with Crippen molar-refractivity contribution in [2.75, 3.05) is 0 Å². The zero-order chi connectivity index (χ0) is 14.3. The number of hydrogen-bond donors (Lipinski definition) is 1. The van der Waals surface area contributed by atoms with Crippen molar-refractivity contribution in [3.8, 4) is 0 Å². The molecule has 3 nitrogen and oxygen atoms in total. The van der Waals surface area contributed by atoms with Gasteiger partial charge in [0.1, 0.15) is 0 Å². The van der Waals surface area contributed by atoms with Crippen LogP contribution in [0.15, 0.2) is 30.3 Å². The molecule has 0 saturated heterocycles. The summed E-state index contributed by atoms with van der Waals surface area (Å²) >= 11 is 0. The number of nitrogens with zero attached hydrogens (tertiary/aromatic N) is 1. The lowest BCUT2D eigenvalue weighted by atomic mass is 9.87. The SMILES string of the molecule is Cc1cc(C(=O)O)c(C)n1C1CCCc2ccccc21. The van der Waals surface area contributed by atoms with Gasteiger partial charge in [0.05, 0.1) is 11.6 Å². The van der Waals surface area contributed by atoms with Crippen molar-refractivity contribution in [3.05, 3.63) is 58.4 Å². The molecule has 1 heterocycles. The smallest absolute Gasteiger partial charge is 0.337 e. The van der Waals surface area contributed by atoms with Crippen LogP contribution in [0.3, 0.4) is 0 Å². The van der Waals surface area contributed by atoms with Gasteiger partial charge in [-0.05, 0) is 50.3 Å². The van der Waals surface area contributed by atoms with Crippen LogP contribution in [0, 0.1) is 13.8 Å². The summed E-state index contributed by atoms with van der Waals surface area (Å²) in [6, 6.07) is 10.6. The number of aromatic carboxylic acids is 1. The molecule has 0 amide bonds. The Morgan fingerprint density at radius 2 is 2.05 bits per heavy atom. The molecule has 2 aromatic rings. The van der Waals surface area contributed by atoms with Crippen LogP contribution in [-0.2, 0) is 6.42 Å². The maximum atomic E-state index is 11.3. The van der Waals surface area contributed by atoms with Crippen LogP contribution in [0.2, 0.25) is 0 Å². The average Bonchev–Trinajstić information content (AvgIpc) is 2.74. The zero-order valence-electron chi connectivity index (χ0n) is 11.9. The summed E-state index contributed by atoms with van der Waals surface area (Å²) in [5, 5.41) is 9.28. The van der Waals surface area contributed by atoms with Crippen molar-refractivity contribution in [1.29, 1.82) is 0 Å². The third-order valence-electron chi connectivity index (χ3n) is 4.36. The van der Waals surface area contributed by atoms with E-state index < -0.39 is 5.97 Å². The fourth-order valence-corrected chi connectivity index (χ4v) is 3.47. The fourth-order valence-electron chi connectivity index (χ4n) is 3.47. The van der Waals surface area contributed by atoms with Gasteiger partial charge in [0, 0.05) is 11.4 Å². The molecule has 1 N–H and O–H groups in total. The Morgan fingerprint density at radius 1 is 1.30 bits per heavy atom. The number of rotatable bonds is 2. The molecular weight excluding hydrogens is 250 g/mol. The zero-order valence-corrected chi connectivity index (χ0v) is 11.9. The van der Waals surface area contributed by atoms with Gasteiger partial charge in [-0.3, -0.25) is 0 Å². The minimum absolute atomic E-state index is 0.271. The number of aromatic nitrogens is 1. The Balaban J connectivity index is 2.14. The van der Waals surface area contributed by atoms with Gasteiger partial charge in [-0.2, -0.15) is 0 Å². The van der Waals surface area contributed by atoms with E-state index in [0.29, 0.717) is 5.56 Å². The predicted molar refractivity (Wildman–Crippen MR) is 78.4 cm³/mol. The van der Waals surface area contributed by atoms with Crippen LogP contribution < -0.4 is 0 Å². The van der Waals surface area contributed by atoms with E-state index in [0.717, 1.165) is 30.7 Å². The van der Waals surface area contributed by atoms with E-state index in [1.165, 1.54) is 11.1 Å². The number of carboxylic acids is 1. The summed E-state index contributed by atoms with van der Waals surface area (Å²) in [6.45, 7) is 3.91. The van der Waals surface area contributed by atoms with Gasteiger partial charge in [-0.25, -0.2) is 4.79 Å². The first-order chi connectivity index (χ1) is 9.59. The van der Waals surface area contributed by atoms with Crippen molar-refractivity contribution in [2.45, 2.75) is 39.2 Å². The van der Waals surface area contributed by atoms with Gasteiger partial charge in [-0.15, -0.1) is 0 Å². The predicted octanol–water partition coefficient (Wildman–Crippen LogP) is 3.73. The largest absolute Gasteiger partial charge is 0.478 e. The summed E-state index contributed by atoms with van der Waals surface area (Å²) in [4.78, 5) is 11.3. The molecule has 20 heavy (non-hydrogen) atoms. The lowest BCUT2D eigenvalue weighted by molar-refractivity contribution is 0.0696. The van der Waals surface area contributed by atoms with E-state index in [4.69, 9.17) is 0 Å². The molecule has 0 aliphatic heterocycles. The number of carbonyl (C=O) groups is 1. The normalized spacial score (nSPS) is 17.8. The van der Waals surface area contributed by atoms with Crippen molar-refractivity contribution < 1.29 is 9.90 Å². The van der Waals surface area contributed by atoms with Crippen molar-refractivity contribution in [2.24, 2.45) is 0 Å². The number of fused-ring (bicyclic) bond motifs is 1. The maximum absolute atomic E-state index is 11.3. The number of carboxylic acid groups (broad SMARTS) is 1. The second-order valence-corrected chi connectivity index (χ2v) is 5.57. The molecule has 1 aromatic carbocycles. The van der Waals surface area contributed by atoms with E-state index in [1.807, 2.05) is 13.8 Å². The van der Waals surface area contributed by atoms with E-state index in [9.17, 15) is 9.90 Å². The molecule has 0 bridgehead atoms. The highest BCUT2D eigenvalue weighted by Crippen LogP contribution is 2.35. The van der Waals surface area contributed by atoms with E-state index in [-0.39, 0.29) is 6.04 Å². The van der Waals surface area contributed by atoms with E-state index in [2.05, 4.69) is 28.8 Å². The molecule has 1 unspecified atom stereocenters. The van der Waals surface area contributed by atoms with Crippen LogP contribution in [0.4, 0.5) is 0 Å². The Kier molecular flexibility index (Phi) is 3.13. The highest BCUT2D eigenvalue weighted by molar-refractivity contribution is 5.89. The van der Waals surface area contributed by atoms with Crippen LogP contribution in [-0.4, -0.2) is 15.6 Å². The molecule has 3 heteroatoms. The molecule has 0 radical (unpaired) electrons. The topological polar surface area (TPSA) is 42.2 Å². The summed E-state index contributed by atoms with van der Waals surface area (Å²) in [6.07, 6.45) is 3.35. The second-order valence-electron chi connectivity index (χ2n) is 5.57. The summed E-state index contributed by atoms with van der Waals surface area (Å²) in [7, 11) is 0. The van der Waals surface area contributed by atoms with Crippen LogP contribution >= 0.6 is 0 Å². The van der Waals surface area contributed by atoms with Gasteiger partial charge in [0.25, 0.3) is 0 Å². The van der Waals surface area contributed by atoms with Gasteiger partial charge in [0.15, 0.2) is 0 Å². The second kappa shape index (κ2) is 4.82. The van der Waals surface area contributed by atoms with Crippen LogP contribution in [0.1, 0.15) is 51.8 Å². The molecule has 1 aliphatic rings. The Morgan fingerprint density at radius 3 is 2.75 bits per heavy atom. The van der Waals surface area contributed by atoms with E-state index in [1.54, 1.807) is 6.07 Å². The van der Waals surface area contributed by atoms with Gasteiger partial charge >= 0.3 is 5.97 Å². The first-order valence-corrected chi connectivity index (χ1v) is 7.09. The van der Waals surface area contributed by atoms with Gasteiger partial charge in [0.2, 0.25) is 0 Å². The van der Waals surface area contributed by atoms with E-state index >= 15 is 0 Å². The molecular formula is C17H19NO2. The molecule has 1 atom stereocenters. The summed E-state index contributed by atoms with van der Waals surface area (Å²) in [5.41, 5.74) is 5.05. The van der Waals surface area contributed by atoms with Gasteiger partial charge < -0.3 is 9.67 Å². The Hall–Kier alpha value is -2.03. The number of benzene rings is 1. The number of aryl methyl sites for hydroxylation is 2. The van der Waals surface area contributed by atoms with Crippen molar-refractivity contribution in [1.82, 2.24) is 4.57 Å². The molecule has 1 aliphatic carbocycles. The highest BCUT2D eigenvalue weighted by Gasteiger charge is 2.25. The standard InChI is InChI=1S/C17H19NO2/c1-11-10-15(17(19)20)12(2)18(11)16-9-5-7-13-6-3-4-8-14(13)16/h3-4,6,8,10,16H,5,7,9H2,1-2H3,(H,19,20). The maximum Gasteiger partial charge on any atom is 0.337 e. The first-order valence-electron chi connectivity index (χ1n) is 7.09. The van der Waals surface area contributed by atoms with Gasteiger partial charge in [-0.1, -0.05) is 24.3 Å².